The molecule has 120 valence electrons. The maximum absolute atomic E-state index is 13.9. The van der Waals surface area contributed by atoms with E-state index in [0.29, 0.717) is 19.0 Å². The van der Waals surface area contributed by atoms with E-state index >= 15 is 0 Å². The van der Waals surface area contributed by atoms with Gasteiger partial charge in [-0.15, -0.1) is 5.10 Å². The second kappa shape index (κ2) is 6.24. The third-order valence-corrected chi connectivity index (χ3v) is 4.91. The van der Waals surface area contributed by atoms with Crippen LogP contribution < -0.4 is 10.2 Å². The van der Waals surface area contributed by atoms with E-state index in [4.69, 9.17) is 0 Å². The average molecular weight is 312 g/mol. The summed E-state index contributed by atoms with van der Waals surface area (Å²) in [7, 11) is 0. The summed E-state index contributed by atoms with van der Waals surface area (Å²) in [4.78, 5) is 2.05. The number of hydrogen-bond donors (Lipinski definition) is 1. The van der Waals surface area contributed by atoms with Gasteiger partial charge in [0.25, 0.3) is 0 Å². The van der Waals surface area contributed by atoms with Crippen molar-refractivity contribution in [3.8, 4) is 0 Å². The van der Waals surface area contributed by atoms with Crippen LogP contribution in [0.15, 0.2) is 42.6 Å². The van der Waals surface area contributed by atoms with Crippen molar-refractivity contribution in [3.63, 3.8) is 0 Å². The number of aromatic nitrogens is 2. The predicted molar refractivity (Wildman–Crippen MR) is 88.3 cm³/mol. The highest BCUT2D eigenvalue weighted by Gasteiger charge is 2.33. The monoisotopic (exact) mass is 312 g/mol. The molecule has 1 aliphatic carbocycles. The highest BCUT2D eigenvalue weighted by Crippen LogP contribution is 2.26. The van der Waals surface area contributed by atoms with Gasteiger partial charge in [0.1, 0.15) is 6.17 Å². The molecule has 1 aromatic carbocycles. The van der Waals surface area contributed by atoms with Gasteiger partial charge >= 0.3 is 0 Å². The van der Waals surface area contributed by atoms with Crippen LogP contribution in [0.25, 0.3) is 0 Å². The van der Waals surface area contributed by atoms with Crippen LogP contribution in [0.1, 0.15) is 17.5 Å². The van der Waals surface area contributed by atoms with Crippen molar-refractivity contribution >= 4 is 5.82 Å². The molecular weight excluding hydrogens is 291 g/mol. The van der Waals surface area contributed by atoms with Crippen LogP contribution in [0.3, 0.4) is 0 Å². The molecule has 2 aliphatic rings. The molecule has 0 saturated carbocycles. The number of anilines is 1. The van der Waals surface area contributed by atoms with Crippen LogP contribution in [0.4, 0.5) is 10.2 Å². The third-order valence-electron chi connectivity index (χ3n) is 4.91. The van der Waals surface area contributed by atoms with Crippen molar-refractivity contribution in [2.75, 3.05) is 18.0 Å². The Morgan fingerprint density at radius 2 is 1.91 bits per heavy atom. The Kier molecular flexibility index (Phi) is 3.95. The number of benzene rings is 1. The molecule has 0 unspecified atom stereocenters. The van der Waals surface area contributed by atoms with E-state index in [1.165, 1.54) is 11.1 Å². The lowest BCUT2D eigenvalue weighted by atomic mass is 10.1. The minimum Gasteiger partial charge on any atom is -0.348 e. The summed E-state index contributed by atoms with van der Waals surface area (Å²) in [6.07, 6.45) is 3.54. The molecule has 2 heterocycles. The van der Waals surface area contributed by atoms with Crippen LogP contribution in [-0.2, 0) is 12.8 Å². The molecule has 0 bridgehead atoms. The van der Waals surface area contributed by atoms with Gasteiger partial charge in [-0.3, -0.25) is 0 Å². The minimum atomic E-state index is -0.787. The van der Waals surface area contributed by atoms with Gasteiger partial charge in [0.2, 0.25) is 0 Å². The van der Waals surface area contributed by atoms with Crippen LogP contribution in [0, 0.1) is 0 Å². The topological polar surface area (TPSA) is 41.0 Å². The van der Waals surface area contributed by atoms with Gasteiger partial charge in [0, 0.05) is 31.2 Å². The van der Waals surface area contributed by atoms with Gasteiger partial charge in [-0.2, -0.15) is 5.10 Å². The van der Waals surface area contributed by atoms with E-state index < -0.39 is 6.17 Å². The summed E-state index contributed by atoms with van der Waals surface area (Å²) in [6.45, 7) is 1.20. The summed E-state index contributed by atoms with van der Waals surface area (Å²) in [5, 5.41) is 11.7. The zero-order valence-electron chi connectivity index (χ0n) is 13.0. The lowest BCUT2D eigenvalue weighted by Crippen LogP contribution is -2.42. The maximum Gasteiger partial charge on any atom is 0.151 e. The Balaban J connectivity index is 1.39. The van der Waals surface area contributed by atoms with Crippen LogP contribution in [0.2, 0.25) is 0 Å². The first kappa shape index (κ1) is 14.6. The van der Waals surface area contributed by atoms with Crippen molar-refractivity contribution in [2.24, 2.45) is 0 Å². The highest BCUT2D eigenvalue weighted by atomic mass is 19.1. The fraction of sp³-hybridized carbons (Fsp3) is 0.444. The van der Waals surface area contributed by atoms with Crippen LogP contribution >= 0.6 is 0 Å². The first-order chi connectivity index (χ1) is 11.3. The summed E-state index contributed by atoms with van der Waals surface area (Å²) in [5.41, 5.74) is 2.87. The fourth-order valence-corrected chi connectivity index (χ4v) is 3.79. The molecule has 0 radical (unpaired) electrons. The zero-order valence-corrected chi connectivity index (χ0v) is 13.0. The van der Waals surface area contributed by atoms with E-state index in [1.54, 1.807) is 6.20 Å². The van der Waals surface area contributed by atoms with E-state index in [0.717, 1.165) is 25.2 Å². The van der Waals surface area contributed by atoms with Crippen molar-refractivity contribution in [2.45, 2.75) is 37.5 Å². The second-order valence-corrected chi connectivity index (χ2v) is 6.50. The summed E-state index contributed by atoms with van der Waals surface area (Å²) < 4.78 is 13.9. The zero-order chi connectivity index (χ0) is 15.6. The van der Waals surface area contributed by atoms with Crippen molar-refractivity contribution in [1.29, 1.82) is 0 Å². The van der Waals surface area contributed by atoms with Crippen LogP contribution in [-0.4, -0.2) is 41.5 Å². The van der Waals surface area contributed by atoms with Gasteiger partial charge < -0.3 is 10.2 Å². The maximum atomic E-state index is 13.9. The number of halogens is 1. The lowest BCUT2D eigenvalue weighted by molar-refractivity contribution is 0.352. The van der Waals surface area contributed by atoms with E-state index in [9.17, 15) is 4.39 Å². The molecule has 0 spiro atoms. The number of nitrogens with one attached hydrogen (secondary N) is 1. The number of alkyl halides is 1. The first-order valence-electron chi connectivity index (χ1n) is 8.28. The van der Waals surface area contributed by atoms with Gasteiger partial charge in [-0.05, 0) is 36.1 Å². The fourth-order valence-electron chi connectivity index (χ4n) is 3.79. The molecule has 1 saturated heterocycles. The summed E-state index contributed by atoms with van der Waals surface area (Å²) in [6, 6.07) is 13.0. The predicted octanol–water partition coefficient (Wildman–Crippen LogP) is 2.15. The summed E-state index contributed by atoms with van der Waals surface area (Å²) in [5.74, 6) is 0.772. The molecule has 2 atom stereocenters. The second-order valence-electron chi connectivity index (χ2n) is 6.50. The molecule has 4 rings (SSSR count). The molecule has 1 aromatic heterocycles. The van der Waals surface area contributed by atoms with E-state index in [-0.39, 0.29) is 6.04 Å². The Morgan fingerprint density at radius 3 is 2.61 bits per heavy atom. The Morgan fingerprint density at radius 1 is 1.13 bits per heavy atom. The van der Waals surface area contributed by atoms with Crippen molar-refractivity contribution < 1.29 is 4.39 Å². The summed E-state index contributed by atoms with van der Waals surface area (Å²) >= 11 is 0. The van der Waals surface area contributed by atoms with E-state index in [1.807, 2.05) is 17.0 Å². The minimum absolute atomic E-state index is 0.144. The first-order valence-corrected chi connectivity index (χ1v) is 8.28. The quantitative estimate of drug-likeness (QED) is 0.939. The molecule has 1 aliphatic heterocycles. The number of fused-ring (bicyclic) bond motifs is 1. The van der Waals surface area contributed by atoms with Crippen molar-refractivity contribution in [1.82, 2.24) is 15.5 Å². The van der Waals surface area contributed by atoms with Gasteiger partial charge in [-0.1, -0.05) is 24.3 Å². The Labute approximate surface area is 135 Å². The molecule has 4 nitrogen and oxygen atoms in total. The van der Waals surface area contributed by atoms with E-state index in [2.05, 4.69) is 39.8 Å². The van der Waals surface area contributed by atoms with Gasteiger partial charge in [0.15, 0.2) is 5.82 Å². The van der Waals surface area contributed by atoms with Gasteiger partial charge in [-0.25, -0.2) is 4.39 Å². The van der Waals surface area contributed by atoms with Crippen LogP contribution in [0.5, 0.6) is 0 Å². The molecule has 2 aromatic rings. The number of rotatable bonds is 4. The third kappa shape index (κ3) is 3.06. The largest absolute Gasteiger partial charge is 0.348 e. The smallest absolute Gasteiger partial charge is 0.151 e. The number of hydrogen-bond acceptors (Lipinski definition) is 4. The molecule has 5 heteroatoms. The molecular formula is C18H21FN4. The van der Waals surface area contributed by atoms with Crippen molar-refractivity contribution in [3.05, 3.63) is 53.7 Å². The highest BCUT2D eigenvalue weighted by molar-refractivity contribution is 5.40. The lowest BCUT2D eigenvalue weighted by Gasteiger charge is -2.26. The standard InChI is InChI=1S/C18H21FN4/c19-15-10-17(23(12-15)18-6-3-7-21-22-18)11-20-16-8-13-4-1-2-5-14(13)9-16/h1-7,15-17,20H,8-12H2/t15-,17-/m0/s1. The molecule has 1 N–H and O–H groups in total. The average Bonchev–Trinajstić information content (AvgIpc) is 3.16. The SMILES string of the molecule is F[C@H]1C[C@@H](CNC2Cc3ccccc3C2)N(c2cccnn2)C1. The van der Waals surface area contributed by atoms with Gasteiger partial charge in [0.05, 0.1) is 6.54 Å². The molecule has 1 fully saturated rings. The molecule has 0 amide bonds. The Hall–Kier alpha value is -2.01. The molecule has 23 heavy (non-hydrogen) atoms. The normalized spacial score (nSPS) is 24.1. The Bertz CT molecular complexity index is 638. The number of nitrogens with zero attached hydrogens (tertiary/aromatic N) is 3.